The Kier molecular flexibility index (Phi) is 6.53. The van der Waals surface area contributed by atoms with Crippen LogP contribution >= 0.6 is 0 Å². The molecule has 1 aromatic carbocycles. The molecule has 0 aromatic heterocycles. The molecule has 0 spiro atoms. The summed E-state index contributed by atoms with van der Waals surface area (Å²) < 4.78 is 10.5. The van der Waals surface area contributed by atoms with Crippen LogP contribution in [0.5, 0.6) is 5.75 Å². The molecule has 0 bridgehead atoms. The topological polar surface area (TPSA) is 38.8 Å². The van der Waals surface area contributed by atoms with Crippen LogP contribution in [0, 0.1) is 0 Å². The van der Waals surface area contributed by atoms with Crippen molar-refractivity contribution < 1.29 is 14.3 Å². The Morgan fingerprint density at radius 2 is 2.05 bits per heavy atom. The second-order valence-corrected chi connectivity index (χ2v) is 4.75. The maximum Gasteiger partial charge on any atom is 0.150 e. The average molecular weight is 265 g/mol. The highest BCUT2D eigenvalue weighted by atomic mass is 16.5. The van der Waals surface area contributed by atoms with Gasteiger partial charge in [0.2, 0.25) is 0 Å². The van der Waals surface area contributed by atoms with Crippen LogP contribution in [0.15, 0.2) is 18.2 Å². The third-order valence-electron chi connectivity index (χ3n) is 3.13. The van der Waals surface area contributed by atoms with Crippen molar-refractivity contribution in [1.82, 2.24) is 4.90 Å². The molecule has 0 unspecified atom stereocenters. The van der Waals surface area contributed by atoms with Crippen molar-refractivity contribution in [3.8, 4) is 5.75 Å². The first kappa shape index (κ1) is 15.7. The van der Waals surface area contributed by atoms with Gasteiger partial charge in [0.05, 0.1) is 13.7 Å². The summed E-state index contributed by atoms with van der Waals surface area (Å²) in [5, 5.41) is 0. The predicted octanol–water partition coefficient (Wildman–Crippen LogP) is 2.36. The summed E-state index contributed by atoms with van der Waals surface area (Å²) in [7, 11) is 3.35. The lowest BCUT2D eigenvalue weighted by Crippen LogP contribution is -2.33. The Morgan fingerprint density at radius 3 is 2.58 bits per heavy atom. The largest absolute Gasteiger partial charge is 0.496 e. The van der Waals surface area contributed by atoms with E-state index in [-0.39, 0.29) is 0 Å². The number of hydrogen-bond acceptors (Lipinski definition) is 4. The molecule has 0 fully saturated rings. The Hall–Kier alpha value is -1.39. The monoisotopic (exact) mass is 265 g/mol. The summed E-state index contributed by atoms with van der Waals surface area (Å²) in [6.45, 7) is 6.57. The lowest BCUT2D eigenvalue weighted by molar-refractivity contribution is 0.112. The standard InChI is InChI=1S/C15H23NO3/c1-12(2)16(7-8-18-3)10-14-9-13(11-17)5-6-15(14)19-4/h5-6,9,11-12H,7-8,10H2,1-4H3. The van der Waals surface area contributed by atoms with Gasteiger partial charge in [-0.2, -0.15) is 0 Å². The van der Waals surface area contributed by atoms with E-state index in [1.165, 1.54) is 0 Å². The van der Waals surface area contributed by atoms with E-state index in [9.17, 15) is 4.79 Å². The summed E-state index contributed by atoms with van der Waals surface area (Å²) >= 11 is 0. The van der Waals surface area contributed by atoms with E-state index in [4.69, 9.17) is 9.47 Å². The van der Waals surface area contributed by atoms with Gasteiger partial charge < -0.3 is 9.47 Å². The summed E-state index contributed by atoms with van der Waals surface area (Å²) in [6.07, 6.45) is 0.859. The van der Waals surface area contributed by atoms with E-state index in [0.29, 0.717) is 18.2 Å². The SMILES string of the molecule is COCCN(Cc1cc(C=O)ccc1OC)C(C)C. The van der Waals surface area contributed by atoms with E-state index in [1.807, 2.05) is 12.1 Å². The van der Waals surface area contributed by atoms with Gasteiger partial charge in [-0.05, 0) is 32.0 Å². The van der Waals surface area contributed by atoms with Gasteiger partial charge in [-0.15, -0.1) is 0 Å². The second kappa shape index (κ2) is 7.92. The van der Waals surface area contributed by atoms with Crippen LogP contribution in [0.3, 0.4) is 0 Å². The smallest absolute Gasteiger partial charge is 0.150 e. The van der Waals surface area contributed by atoms with Gasteiger partial charge in [0, 0.05) is 37.4 Å². The van der Waals surface area contributed by atoms with Crippen LogP contribution in [-0.2, 0) is 11.3 Å². The highest BCUT2D eigenvalue weighted by molar-refractivity contribution is 5.75. The highest BCUT2D eigenvalue weighted by Crippen LogP contribution is 2.21. The second-order valence-electron chi connectivity index (χ2n) is 4.75. The molecule has 1 aromatic rings. The number of methoxy groups -OCH3 is 2. The van der Waals surface area contributed by atoms with Gasteiger partial charge in [-0.3, -0.25) is 9.69 Å². The first-order valence-electron chi connectivity index (χ1n) is 6.47. The first-order chi connectivity index (χ1) is 9.12. The van der Waals surface area contributed by atoms with Crippen LogP contribution in [-0.4, -0.2) is 44.6 Å². The minimum absolute atomic E-state index is 0.403. The molecule has 0 amide bonds. The van der Waals surface area contributed by atoms with E-state index in [1.54, 1.807) is 20.3 Å². The van der Waals surface area contributed by atoms with Crippen molar-refractivity contribution in [2.75, 3.05) is 27.4 Å². The Balaban J connectivity index is 2.89. The third-order valence-corrected chi connectivity index (χ3v) is 3.13. The normalized spacial score (nSPS) is 11.1. The van der Waals surface area contributed by atoms with Gasteiger partial charge >= 0.3 is 0 Å². The van der Waals surface area contributed by atoms with E-state index >= 15 is 0 Å². The molecule has 0 heterocycles. The van der Waals surface area contributed by atoms with Crippen molar-refractivity contribution in [2.24, 2.45) is 0 Å². The minimum atomic E-state index is 0.403. The zero-order valence-corrected chi connectivity index (χ0v) is 12.2. The summed E-state index contributed by atoms with van der Waals surface area (Å²) in [5.41, 5.74) is 1.70. The van der Waals surface area contributed by atoms with Gasteiger partial charge in [0.1, 0.15) is 12.0 Å². The quantitative estimate of drug-likeness (QED) is 0.676. The number of carbonyl (C=O) groups is 1. The molecule has 19 heavy (non-hydrogen) atoms. The molecule has 4 nitrogen and oxygen atoms in total. The lowest BCUT2D eigenvalue weighted by Gasteiger charge is -2.27. The van der Waals surface area contributed by atoms with Crippen LogP contribution < -0.4 is 4.74 Å². The fourth-order valence-electron chi connectivity index (χ4n) is 1.94. The summed E-state index contributed by atoms with van der Waals surface area (Å²) in [4.78, 5) is 13.2. The number of nitrogens with zero attached hydrogens (tertiary/aromatic N) is 1. The molecule has 0 radical (unpaired) electrons. The number of benzene rings is 1. The third kappa shape index (κ3) is 4.65. The molecule has 0 N–H and O–H groups in total. The number of ether oxygens (including phenoxy) is 2. The van der Waals surface area contributed by atoms with E-state index < -0.39 is 0 Å². The predicted molar refractivity (Wildman–Crippen MR) is 75.8 cm³/mol. The maximum absolute atomic E-state index is 10.9. The Bertz CT molecular complexity index is 404. The number of hydrogen-bond donors (Lipinski definition) is 0. The molecule has 0 aliphatic heterocycles. The van der Waals surface area contributed by atoms with Crippen molar-refractivity contribution >= 4 is 6.29 Å². The molecule has 0 saturated carbocycles. The molecule has 106 valence electrons. The molecule has 0 saturated heterocycles. The molecular formula is C15H23NO3. The van der Waals surface area contributed by atoms with Crippen LogP contribution in [0.2, 0.25) is 0 Å². The highest BCUT2D eigenvalue weighted by Gasteiger charge is 2.13. The summed E-state index contributed by atoms with van der Waals surface area (Å²) in [5.74, 6) is 0.814. The van der Waals surface area contributed by atoms with Gasteiger partial charge in [-0.1, -0.05) is 0 Å². The van der Waals surface area contributed by atoms with Gasteiger partial charge in [0.15, 0.2) is 0 Å². The van der Waals surface area contributed by atoms with Gasteiger partial charge in [0.25, 0.3) is 0 Å². The molecule has 1 rings (SSSR count). The van der Waals surface area contributed by atoms with Crippen molar-refractivity contribution in [1.29, 1.82) is 0 Å². The van der Waals surface area contributed by atoms with Crippen LogP contribution in [0.25, 0.3) is 0 Å². The first-order valence-corrected chi connectivity index (χ1v) is 6.47. The Morgan fingerprint density at radius 1 is 1.32 bits per heavy atom. The fraction of sp³-hybridized carbons (Fsp3) is 0.533. The van der Waals surface area contributed by atoms with Crippen LogP contribution in [0.1, 0.15) is 29.8 Å². The molecule has 4 heteroatoms. The maximum atomic E-state index is 10.9. The van der Waals surface area contributed by atoms with Crippen molar-refractivity contribution in [3.05, 3.63) is 29.3 Å². The zero-order valence-electron chi connectivity index (χ0n) is 12.2. The summed E-state index contributed by atoms with van der Waals surface area (Å²) in [6, 6.07) is 5.89. The number of rotatable bonds is 8. The molecule has 0 aliphatic carbocycles. The Labute approximate surface area is 115 Å². The number of aldehydes is 1. The van der Waals surface area contributed by atoms with E-state index in [2.05, 4.69) is 18.7 Å². The van der Waals surface area contributed by atoms with Crippen molar-refractivity contribution in [2.45, 2.75) is 26.4 Å². The number of carbonyl (C=O) groups excluding carboxylic acids is 1. The van der Waals surface area contributed by atoms with Crippen LogP contribution in [0.4, 0.5) is 0 Å². The fourth-order valence-corrected chi connectivity index (χ4v) is 1.94. The lowest BCUT2D eigenvalue weighted by atomic mass is 10.1. The molecule has 0 atom stereocenters. The molecule has 0 aliphatic rings. The molecular weight excluding hydrogens is 242 g/mol. The van der Waals surface area contributed by atoms with Crippen molar-refractivity contribution in [3.63, 3.8) is 0 Å². The average Bonchev–Trinajstić information content (AvgIpc) is 2.42. The zero-order chi connectivity index (χ0) is 14.3. The minimum Gasteiger partial charge on any atom is -0.496 e. The van der Waals surface area contributed by atoms with Gasteiger partial charge in [-0.25, -0.2) is 0 Å². The van der Waals surface area contributed by atoms with E-state index in [0.717, 1.165) is 30.7 Å².